The number of hydrogen-bond acceptors (Lipinski definition) is 3. The lowest BCUT2D eigenvalue weighted by Crippen LogP contribution is -2.44. The van der Waals surface area contributed by atoms with Crippen molar-refractivity contribution in [3.8, 4) is 0 Å². The molecular weight excluding hydrogens is 290 g/mol. The number of alkyl carbamates (subject to hydrolysis) is 1. The van der Waals surface area contributed by atoms with E-state index in [4.69, 9.17) is 4.74 Å². The predicted molar refractivity (Wildman–Crippen MR) is 91.4 cm³/mol. The second-order valence-electron chi connectivity index (χ2n) is 7.81. The molecule has 0 saturated heterocycles. The molecule has 0 aliphatic heterocycles. The number of aliphatic hydroxyl groups excluding tert-OH is 1. The van der Waals surface area contributed by atoms with Gasteiger partial charge in [0.25, 0.3) is 0 Å². The molecule has 1 unspecified atom stereocenters. The fourth-order valence-electron chi connectivity index (χ4n) is 2.96. The molecule has 1 aromatic rings. The summed E-state index contributed by atoms with van der Waals surface area (Å²) in [4.78, 5) is 11.9. The minimum Gasteiger partial charge on any atom is -0.444 e. The number of carbonyl (C=O) groups is 1. The molecule has 1 saturated carbocycles. The number of benzene rings is 1. The van der Waals surface area contributed by atoms with Crippen LogP contribution < -0.4 is 5.32 Å². The number of hydrogen-bond donors (Lipinski definition) is 2. The Morgan fingerprint density at radius 3 is 2.35 bits per heavy atom. The van der Waals surface area contributed by atoms with Gasteiger partial charge in [0.05, 0.1) is 6.61 Å². The standard InChI is InChI=1S/C19H29NO3/c1-14-5-7-15(8-6-14)11-19(13-21,16-9-10-16)12-20-17(22)23-18(2,3)4/h5-8,16,21H,9-13H2,1-4H3,(H,20,22). The average molecular weight is 319 g/mol. The fraction of sp³-hybridized carbons (Fsp3) is 0.632. The van der Waals surface area contributed by atoms with E-state index < -0.39 is 11.7 Å². The number of aliphatic hydroxyl groups is 1. The molecule has 128 valence electrons. The third-order valence-corrected chi connectivity index (χ3v) is 4.42. The Morgan fingerprint density at radius 1 is 1.26 bits per heavy atom. The van der Waals surface area contributed by atoms with E-state index in [2.05, 4.69) is 36.5 Å². The van der Waals surface area contributed by atoms with E-state index in [9.17, 15) is 9.90 Å². The number of ether oxygens (including phenoxy) is 1. The van der Waals surface area contributed by atoms with Crippen molar-refractivity contribution in [1.29, 1.82) is 0 Å². The molecule has 0 radical (unpaired) electrons. The van der Waals surface area contributed by atoms with Gasteiger partial charge >= 0.3 is 6.09 Å². The van der Waals surface area contributed by atoms with E-state index in [1.807, 2.05) is 20.8 Å². The van der Waals surface area contributed by atoms with Crippen LogP contribution in [0.15, 0.2) is 24.3 Å². The summed E-state index contributed by atoms with van der Waals surface area (Å²) in [6.07, 6.45) is 2.58. The molecule has 1 fully saturated rings. The highest BCUT2D eigenvalue weighted by Gasteiger charge is 2.45. The quantitative estimate of drug-likeness (QED) is 0.844. The van der Waals surface area contributed by atoms with Gasteiger partial charge in [0.15, 0.2) is 0 Å². The van der Waals surface area contributed by atoms with Crippen molar-refractivity contribution in [2.45, 2.75) is 52.6 Å². The van der Waals surface area contributed by atoms with Gasteiger partial charge in [-0.3, -0.25) is 0 Å². The Morgan fingerprint density at radius 2 is 1.87 bits per heavy atom. The number of carbonyl (C=O) groups excluding carboxylic acids is 1. The first kappa shape index (κ1) is 17.8. The number of aryl methyl sites for hydroxylation is 1. The highest BCUT2D eigenvalue weighted by Crippen LogP contribution is 2.47. The van der Waals surface area contributed by atoms with Crippen molar-refractivity contribution >= 4 is 6.09 Å². The summed E-state index contributed by atoms with van der Waals surface area (Å²) in [6.45, 7) is 8.11. The maximum Gasteiger partial charge on any atom is 0.407 e. The van der Waals surface area contributed by atoms with Gasteiger partial charge in [0.2, 0.25) is 0 Å². The Bertz CT molecular complexity index is 529. The number of rotatable bonds is 6. The van der Waals surface area contributed by atoms with Gasteiger partial charge in [-0.05, 0) is 58.4 Å². The molecule has 0 bridgehead atoms. The van der Waals surface area contributed by atoms with Gasteiger partial charge in [0.1, 0.15) is 5.60 Å². The molecule has 1 aliphatic rings. The molecule has 4 nitrogen and oxygen atoms in total. The molecule has 0 spiro atoms. The van der Waals surface area contributed by atoms with E-state index in [-0.39, 0.29) is 12.0 Å². The third kappa shape index (κ3) is 5.24. The largest absolute Gasteiger partial charge is 0.444 e. The van der Waals surface area contributed by atoms with Gasteiger partial charge in [-0.25, -0.2) is 4.79 Å². The first-order chi connectivity index (χ1) is 10.7. The third-order valence-electron chi connectivity index (χ3n) is 4.42. The molecule has 2 N–H and O–H groups in total. The topological polar surface area (TPSA) is 58.6 Å². The lowest BCUT2D eigenvalue weighted by atomic mass is 9.77. The van der Waals surface area contributed by atoms with Crippen molar-refractivity contribution in [2.24, 2.45) is 11.3 Å². The van der Waals surface area contributed by atoms with Crippen molar-refractivity contribution in [2.75, 3.05) is 13.2 Å². The minimum absolute atomic E-state index is 0.0708. The smallest absolute Gasteiger partial charge is 0.407 e. The molecule has 0 aromatic heterocycles. The first-order valence-corrected chi connectivity index (χ1v) is 8.37. The molecule has 2 rings (SSSR count). The van der Waals surface area contributed by atoms with Gasteiger partial charge in [-0.1, -0.05) is 29.8 Å². The molecule has 1 atom stereocenters. The van der Waals surface area contributed by atoms with Crippen molar-refractivity contribution < 1.29 is 14.6 Å². The summed E-state index contributed by atoms with van der Waals surface area (Å²) >= 11 is 0. The van der Waals surface area contributed by atoms with Crippen LogP contribution >= 0.6 is 0 Å². The Hall–Kier alpha value is -1.55. The zero-order valence-electron chi connectivity index (χ0n) is 14.7. The van der Waals surface area contributed by atoms with Crippen LogP contribution in [0.5, 0.6) is 0 Å². The normalized spacial score (nSPS) is 17.4. The van der Waals surface area contributed by atoms with Crippen LogP contribution in [0.1, 0.15) is 44.7 Å². The Kier molecular flexibility index (Phi) is 5.35. The molecule has 1 amide bonds. The lowest BCUT2D eigenvalue weighted by molar-refractivity contribution is 0.0439. The van der Waals surface area contributed by atoms with Crippen LogP contribution in [-0.4, -0.2) is 30.0 Å². The summed E-state index contributed by atoms with van der Waals surface area (Å²) < 4.78 is 5.31. The number of amides is 1. The van der Waals surface area contributed by atoms with Gasteiger partial charge in [-0.15, -0.1) is 0 Å². The first-order valence-electron chi connectivity index (χ1n) is 8.37. The Balaban J connectivity index is 2.04. The second kappa shape index (κ2) is 6.91. The van der Waals surface area contributed by atoms with Crippen LogP contribution in [0.25, 0.3) is 0 Å². The van der Waals surface area contributed by atoms with Gasteiger partial charge in [-0.2, -0.15) is 0 Å². The maximum atomic E-state index is 11.9. The molecule has 4 heteroatoms. The van der Waals surface area contributed by atoms with Crippen molar-refractivity contribution in [3.63, 3.8) is 0 Å². The van der Waals surface area contributed by atoms with Crippen LogP contribution in [0, 0.1) is 18.3 Å². The fourth-order valence-corrected chi connectivity index (χ4v) is 2.96. The molecule has 1 aromatic carbocycles. The second-order valence-corrected chi connectivity index (χ2v) is 7.81. The predicted octanol–water partition coefficient (Wildman–Crippen LogP) is 3.45. The summed E-state index contributed by atoms with van der Waals surface area (Å²) in [5, 5.41) is 12.9. The highest BCUT2D eigenvalue weighted by atomic mass is 16.6. The van der Waals surface area contributed by atoms with Crippen LogP contribution in [0.2, 0.25) is 0 Å². The van der Waals surface area contributed by atoms with E-state index in [0.717, 1.165) is 19.3 Å². The zero-order valence-corrected chi connectivity index (χ0v) is 14.7. The van der Waals surface area contributed by atoms with E-state index in [1.165, 1.54) is 11.1 Å². The number of nitrogens with one attached hydrogen (secondary N) is 1. The SMILES string of the molecule is Cc1ccc(CC(CO)(CNC(=O)OC(C)(C)C)C2CC2)cc1. The lowest BCUT2D eigenvalue weighted by Gasteiger charge is -2.33. The molecule has 0 heterocycles. The Labute approximate surface area is 139 Å². The van der Waals surface area contributed by atoms with Crippen molar-refractivity contribution in [3.05, 3.63) is 35.4 Å². The maximum absolute atomic E-state index is 11.9. The summed E-state index contributed by atoms with van der Waals surface area (Å²) in [5.74, 6) is 0.462. The zero-order chi connectivity index (χ0) is 17.1. The van der Waals surface area contributed by atoms with Crippen LogP contribution in [0.3, 0.4) is 0 Å². The summed E-state index contributed by atoms with van der Waals surface area (Å²) in [6, 6.07) is 8.39. The monoisotopic (exact) mass is 319 g/mol. The molecule has 1 aliphatic carbocycles. The molecule has 23 heavy (non-hydrogen) atoms. The van der Waals surface area contributed by atoms with Gasteiger partial charge in [0, 0.05) is 12.0 Å². The van der Waals surface area contributed by atoms with Crippen LogP contribution in [-0.2, 0) is 11.2 Å². The summed E-state index contributed by atoms with van der Waals surface area (Å²) in [7, 11) is 0. The van der Waals surface area contributed by atoms with E-state index in [1.54, 1.807) is 0 Å². The van der Waals surface area contributed by atoms with Crippen LogP contribution in [0.4, 0.5) is 4.79 Å². The molecular formula is C19H29NO3. The van der Waals surface area contributed by atoms with E-state index in [0.29, 0.717) is 12.5 Å². The highest BCUT2D eigenvalue weighted by molar-refractivity contribution is 5.67. The van der Waals surface area contributed by atoms with Crippen molar-refractivity contribution in [1.82, 2.24) is 5.32 Å². The average Bonchev–Trinajstić information content (AvgIpc) is 3.29. The minimum atomic E-state index is -0.511. The van der Waals surface area contributed by atoms with Gasteiger partial charge < -0.3 is 15.2 Å². The summed E-state index contributed by atoms with van der Waals surface area (Å²) in [5.41, 5.74) is 1.61. The van der Waals surface area contributed by atoms with E-state index >= 15 is 0 Å².